The first-order valence-electron chi connectivity index (χ1n) is 6.13. The van der Waals surface area contributed by atoms with Gasteiger partial charge >= 0.3 is 0 Å². The van der Waals surface area contributed by atoms with E-state index in [-0.39, 0.29) is 0 Å². The Balaban J connectivity index is 2.08. The van der Waals surface area contributed by atoms with Gasteiger partial charge < -0.3 is 0 Å². The maximum Gasteiger partial charge on any atom is 0.126 e. The Bertz CT molecular complexity index is 372. The van der Waals surface area contributed by atoms with E-state index in [9.17, 15) is 8.78 Å². The van der Waals surface area contributed by atoms with Crippen molar-refractivity contribution >= 4 is 15.9 Å². The van der Waals surface area contributed by atoms with Gasteiger partial charge in [0.15, 0.2) is 0 Å². The topological polar surface area (TPSA) is 0 Å². The molecule has 17 heavy (non-hydrogen) atoms. The summed E-state index contributed by atoms with van der Waals surface area (Å²) >= 11 is 3.69. The predicted molar refractivity (Wildman–Crippen MR) is 69.3 cm³/mol. The van der Waals surface area contributed by atoms with Crippen LogP contribution in [0.1, 0.15) is 31.7 Å². The number of benzene rings is 1. The molecule has 0 heterocycles. The van der Waals surface area contributed by atoms with Crippen LogP contribution >= 0.6 is 15.9 Å². The van der Waals surface area contributed by atoms with E-state index in [2.05, 4.69) is 22.9 Å². The molecule has 3 atom stereocenters. The van der Waals surface area contributed by atoms with Crippen LogP contribution in [-0.4, -0.2) is 4.83 Å². The van der Waals surface area contributed by atoms with Crippen molar-refractivity contribution in [2.24, 2.45) is 11.8 Å². The minimum Gasteiger partial charge on any atom is -0.207 e. The SMILES string of the molecule is CC1CCC(Br)C(Cc2cc(F)cc(F)c2)C1. The first kappa shape index (κ1) is 13.0. The molecule has 0 spiro atoms. The third-order valence-electron chi connectivity index (χ3n) is 3.57. The van der Waals surface area contributed by atoms with Crippen molar-refractivity contribution in [2.45, 2.75) is 37.4 Å². The maximum absolute atomic E-state index is 13.1. The lowest BCUT2D eigenvalue weighted by Gasteiger charge is -2.31. The first-order valence-corrected chi connectivity index (χ1v) is 7.05. The Kier molecular flexibility index (Phi) is 4.18. The second kappa shape index (κ2) is 5.47. The summed E-state index contributed by atoms with van der Waals surface area (Å²) in [5.41, 5.74) is 0.769. The standard InChI is InChI=1S/C14H17BrF2/c1-9-2-3-14(15)11(4-9)5-10-6-12(16)8-13(17)7-10/h6-9,11,14H,2-5H2,1H3. The summed E-state index contributed by atoms with van der Waals surface area (Å²) in [5.74, 6) is 0.247. The molecule has 94 valence electrons. The zero-order valence-corrected chi connectivity index (χ0v) is 11.5. The normalized spacial score (nSPS) is 29.3. The summed E-state index contributed by atoms with van der Waals surface area (Å²) in [6, 6.07) is 3.82. The number of rotatable bonds is 2. The molecule has 0 bridgehead atoms. The van der Waals surface area contributed by atoms with Gasteiger partial charge in [0.1, 0.15) is 11.6 Å². The second-order valence-electron chi connectivity index (χ2n) is 5.18. The average Bonchev–Trinajstić information content (AvgIpc) is 2.22. The quantitative estimate of drug-likeness (QED) is 0.694. The van der Waals surface area contributed by atoms with Crippen molar-refractivity contribution in [3.05, 3.63) is 35.4 Å². The average molecular weight is 303 g/mol. The van der Waals surface area contributed by atoms with E-state index >= 15 is 0 Å². The smallest absolute Gasteiger partial charge is 0.126 e. The van der Waals surface area contributed by atoms with Crippen LogP contribution in [0.4, 0.5) is 8.78 Å². The highest BCUT2D eigenvalue weighted by molar-refractivity contribution is 9.09. The molecular weight excluding hydrogens is 286 g/mol. The van der Waals surface area contributed by atoms with Crippen molar-refractivity contribution in [3.8, 4) is 0 Å². The fraction of sp³-hybridized carbons (Fsp3) is 0.571. The summed E-state index contributed by atoms with van der Waals surface area (Å²) in [7, 11) is 0. The Morgan fingerprint density at radius 2 is 1.82 bits per heavy atom. The summed E-state index contributed by atoms with van der Waals surface area (Å²) in [4.78, 5) is 0.477. The van der Waals surface area contributed by atoms with Crippen LogP contribution in [0.15, 0.2) is 18.2 Å². The molecule has 1 aromatic carbocycles. The highest BCUT2D eigenvalue weighted by Crippen LogP contribution is 2.35. The predicted octanol–water partition coefficient (Wildman–Crippen LogP) is 4.71. The van der Waals surface area contributed by atoms with Crippen LogP contribution < -0.4 is 0 Å². The lowest BCUT2D eigenvalue weighted by molar-refractivity contribution is 0.294. The molecule has 0 amide bonds. The van der Waals surface area contributed by atoms with Gasteiger partial charge in [0.25, 0.3) is 0 Å². The number of alkyl halides is 1. The van der Waals surface area contributed by atoms with Crippen LogP contribution in [0, 0.1) is 23.5 Å². The minimum absolute atomic E-state index is 0.477. The van der Waals surface area contributed by atoms with E-state index in [1.165, 1.54) is 18.6 Å². The summed E-state index contributed by atoms with van der Waals surface area (Å²) in [6.45, 7) is 2.25. The highest BCUT2D eigenvalue weighted by atomic mass is 79.9. The molecule has 1 saturated carbocycles. The largest absolute Gasteiger partial charge is 0.207 e. The van der Waals surface area contributed by atoms with E-state index < -0.39 is 11.6 Å². The van der Waals surface area contributed by atoms with Gasteiger partial charge in [-0.2, -0.15) is 0 Å². The lowest BCUT2D eigenvalue weighted by atomic mass is 9.79. The minimum atomic E-state index is -0.477. The van der Waals surface area contributed by atoms with Crippen molar-refractivity contribution in [2.75, 3.05) is 0 Å². The number of hydrogen-bond acceptors (Lipinski definition) is 0. The van der Waals surface area contributed by atoms with Crippen molar-refractivity contribution in [3.63, 3.8) is 0 Å². The first-order chi connectivity index (χ1) is 8.04. The van der Waals surface area contributed by atoms with Crippen LogP contribution in [0.5, 0.6) is 0 Å². The fourth-order valence-electron chi connectivity index (χ4n) is 2.70. The molecule has 1 fully saturated rings. The Labute approximate surface area is 110 Å². The maximum atomic E-state index is 13.1. The van der Waals surface area contributed by atoms with Gasteiger partial charge in [-0.3, -0.25) is 0 Å². The third-order valence-corrected chi connectivity index (χ3v) is 4.78. The zero-order valence-electron chi connectivity index (χ0n) is 9.93. The molecule has 0 radical (unpaired) electrons. The fourth-order valence-corrected chi connectivity index (χ4v) is 3.37. The summed E-state index contributed by atoms with van der Waals surface area (Å²) in [5, 5.41) is 0. The third kappa shape index (κ3) is 3.51. The molecule has 0 N–H and O–H groups in total. The number of halogens is 3. The molecular formula is C14H17BrF2. The van der Waals surface area contributed by atoms with Gasteiger partial charge in [0.2, 0.25) is 0 Å². The van der Waals surface area contributed by atoms with E-state index in [1.54, 1.807) is 0 Å². The Morgan fingerprint density at radius 3 is 2.47 bits per heavy atom. The molecule has 1 aliphatic rings. The molecule has 0 aliphatic heterocycles. The van der Waals surface area contributed by atoms with Crippen LogP contribution in [0.3, 0.4) is 0 Å². The van der Waals surface area contributed by atoms with Crippen LogP contribution in [0.25, 0.3) is 0 Å². The van der Waals surface area contributed by atoms with Crippen molar-refractivity contribution < 1.29 is 8.78 Å². The van der Waals surface area contributed by atoms with E-state index in [0.717, 1.165) is 30.9 Å². The monoisotopic (exact) mass is 302 g/mol. The molecule has 1 aliphatic carbocycles. The van der Waals surface area contributed by atoms with Crippen molar-refractivity contribution in [1.29, 1.82) is 0 Å². The van der Waals surface area contributed by atoms with E-state index in [1.807, 2.05) is 0 Å². The van der Waals surface area contributed by atoms with Crippen LogP contribution in [-0.2, 0) is 6.42 Å². The zero-order chi connectivity index (χ0) is 12.4. The molecule has 0 saturated heterocycles. The van der Waals surface area contributed by atoms with Gasteiger partial charge in [0, 0.05) is 10.9 Å². The van der Waals surface area contributed by atoms with E-state index in [0.29, 0.717) is 16.7 Å². The molecule has 0 nitrogen and oxygen atoms in total. The number of hydrogen-bond donors (Lipinski definition) is 0. The van der Waals surface area contributed by atoms with Gasteiger partial charge in [-0.05, 0) is 55.2 Å². The molecule has 2 rings (SSSR count). The Morgan fingerprint density at radius 1 is 1.18 bits per heavy atom. The molecule has 1 aromatic rings. The van der Waals surface area contributed by atoms with Crippen molar-refractivity contribution in [1.82, 2.24) is 0 Å². The summed E-state index contributed by atoms with van der Waals surface area (Å²) in [6.07, 6.45) is 4.29. The van der Waals surface area contributed by atoms with Gasteiger partial charge in [-0.15, -0.1) is 0 Å². The molecule has 3 unspecified atom stereocenters. The van der Waals surface area contributed by atoms with E-state index in [4.69, 9.17) is 0 Å². The molecule has 3 heteroatoms. The highest BCUT2D eigenvalue weighted by Gasteiger charge is 2.26. The Hall–Kier alpha value is -0.440. The van der Waals surface area contributed by atoms with Crippen LogP contribution in [0.2, 0.25) is 0 Å². The summed E-state index contributed by atoms with van der Waals surface area (Å²) < 4.78 is 26.2. The van der Waals surface area contributed by atoms with Gasteiger partial charge in [-0.25, -0.2) is 8.78 Å². The second-order valence-corrected chi connectivity index (χ2v) is 6.35. The van der Waals surface area contributed by atoms with Gasteiger partial charge in [0.05, 0.1) is 0 Å². The molecule has 0 aromatic heterocycles. The van der Waals surface area contributed by atoms with Gasteiger partial charge in [-0.1, -0.05) is 22.9 Å². The lowest BCUT2D eigenvalue weighted by Crippen LogP contribution is -2.25.